The maximum Gasteiger partial charge on any atom is 0.312 e. The number of hydrogen-bond donors (Lipinski definition) is 0. The highest BCUT2D eigenvalue weighted by Gasteiger charge is 2.17. The van der Waals surface area contributed by atoms with Gasteiger partial charge in [0, 0.05) is 25.4 Å². The molecular weight excluding hydrogens is 366 g/mol. The van der Waals surface area contributed by atoms with Crippen molar-refractivity contribution in [3.8, 4) is 11.9 Å². The van der Waals surface area contributed by atoms with Crippen molar-refractivity contribution in [2.24, 2.45) is 4.99 Å². The first-order valence-corrected chi connectivity index (χ1v) is 10.1. The summed E-state index contributed by atoms with van der Waals surface area (Å²) >= 11 is 0. The molecule has 0 spiro atoms. The van der Waals surface area contributed by atoms with Crippen LogP contribution in [0.5, 0.6) is 5.75 Å². The van der Waals surface area contributed by atoms with Crippen LogP contribution in [0.3, 0.4) is 0 Å². The topological polar surface area (TPSA) is 67.1 Å². The lowest BCUT2D eigenvalue weighted by Gasteiger charge is -2.25. The monoisotopic (exact) mass is 393 g/mol. The number of rotatable bonds is 8. The number of nitrogens with zero attached hydrogens (tertiary/aromatic N) is 3. The first kappa shape index (κ1) is 20.8. The number of anilines is 1. The maximum absolute atomic E-state index is 9.19. The Balaban J connectivity index is 1.60. The lowest BCUT2D eigenvalue weighted by Crippen LogP contribution is -2.36. The van der Waals surface area contributed by atoms with Crippen LogP contribution in [-0.2, 0) is 9.47 Å². The van der Waals surface area contributed by atoms with Crippen molar-refractivity contribution in [2.45, 2.75) is 38.4 Å². The quantitative estimate of drug-likeness (QED) is 0.281. The van der Waals surface area contributed by atoms with Crippen molar-refractivity contribution in [2.75, 3.05) is 24.7 Å². The van der Waals surface area contributed by atoms with Gasteiger partial charge in [-0.25, -0.2) is 0 Å². The zero-order valence-electron chi connectivity index (χ0n) is 16.6. The van der Waals surface area contributed by atoms with E-state index in [0.717, 1.165) is 44.4 Å². The first-order chi connectivity index (χ1) is 14.4. The van der Waals surface area contributed by atoms with Crippen LogP contribution in [0.25, 0.3) is 0 Å². The summed E-state index contributed by atoms with van der Waals surface area (Å²) in [7, 11) is 0. The average Bonchev–Trinajstić information content (AvgIpc) is 2.78. The van der Waals surface area contributed by atoms with Crippen molar-refractivity contribution >= 4 is 11.7 Å². The molecule has 0 radical (unpaired) electrons. The number of aliphatic imine (C=N–C) groups is 1. The Labute approximate surface area is 172 Å². The van der Waals surface area contributed by atoms with Gasteiger partial charge in [0.05, 0.1) is 0 Å². The molecule has 152 valence electrons. The highest BCUT2D eigenvalue weighted by Crippen LogP contribution is 2.19. The summed E-state index contributed by atoms with van der Waals surface area (Å²) in [6.45, 7) is 2.10. The van der Waals surface area contributed by atoms with Crippen LogP contribution in [0, 0.1) is 11.5 Å². The highest BCUT2D eigenvalue weighted by molar-refractivity contribution is 5.93. The van der Waals surface area contributed by atoms with Gasteiger partial charge < -0.3 is 14.2 Å². The molecule has 1 atom stereocenters. The van der Waals surface area contributed by atoms with E-state index >= 15 is 0 Å². The smallest absolute Gasteiger partial charge is 0.312 e. The molecule has 3 rings (SSSR count). The van der Waals surface area contributed by atoms with E-state index in [9.17, 15) is 5.26 Å². The third kappa shape index (κ3) is 6.90. The Morgan fingerprint density at radius 2 is 1.83 bits per heavy atom. The SMILES string of the molecule is N#C/N=C(\Oc1ccccc1)N(CCCCOC1CCCCO1)c1ccccc1. The minimum Gasteiger partial charge on any atom is -0.425 e. The fraction of sp³-hybridized carbons (Fsp3) is 0.391. The van der Waals surface area contributed by atoms with Gasteiger partial charge in [-0.05, 0) is 56.4 Å². The third-order valence-electron chi connectivity index (χ3n) is 4.61. The lowest BCUT2D eigenvalue weighted by atomic mass is 10.2. The van der Waals surface area contributed by atoms with Crippen molar-refractivity contribution in [3.63, 3.8) is 0 Å². The summed E-state index contributed by atoms with van der Waals surface area (Å²) in [5.41, 5.74) is 0.925. The molecule has 0 saturated carbocycles. The number of benzene rings is 2. The number of amidine groups is 1. The summed E-state index contributed by atoms with van der Waals surface area (Å²) < 4.78 is 17.3. The predicted octanol–water partition coefficient (Wildman–Crippen LogP) is 4.73. The number of nitriles is 1. The molecule has 0 amide bonds. The summed E-state index contributed by atoms with van der Waals surface area (Å²) in [4.78, 5) is 5.87. The fourth-order valence-electron chi connectivity index (χ4n) is 3.15. The van der Waals surface area contributed by atoms with Crippen LogP contribution in [0.4, 0.5) is 5.69 Å². The molecule has 0 aliphatic carbocycles. The summed E-state index contributed by atoms with van der Waals surface area (Å²) in [6, 6.07) is 19.5. The van der Waals surface area contributed by atoms with Crippen molar-refractivity contribution < 1.29 is 14.2 Å². The summed E-state index contributed by atoms with van der Waals surface area (Å²) in [5, 5.41) is 9.19. The zero-order valence-corrected chi connectivity index (χ0v) is 16.6. The van der Waals surface area contributed by atoms with Crippen molar-refractivity contribution in [3.05, 3.63) is 60.7 Å². The fourth-order valence-corrected chi connectivity index (χ4v) is 3.15. The van der Waals surface area contributed by atoms with Crippen molar-refractivity contribution in [1.82, 2.24) is 0 Å². The van der Waals surface area contributed by atoms with E-state index in [1.807, 2.05) is 71.8 Å². The minimum absolute atomic E-state index is 0.0638. The number of hydrogen-bond acceptors (Lipinski definition) is 5. The van der Waals surface area contributed by atoms with E-state index in [-0.39, 0.29) is 12.3 Å². The zero-order chi connectivity index (χ0) is 20.2. The molecule has 0 aromatic heterocycles. The van der Waals surface area contributed by atoms with Crippen LogP contribution in [0.15, 0.2) is 65.7 Å². The van der Waals surface area contributed by atoms with Crippen LogP contribution in [-0.4, -0.2) is 32.1 Å². The first-order valence-electron chi connectivity index (χ1n) is 10.1. The molecular formula is C23H27N3O3. The molecule has 6 nitrogen and oxygen atoms in total. The van der Waals surface area contributed by atoms with E-state index in [4.69, 9.17) is 14.2 Å². The van der Waals surface area contributed by atoms with Gasteiger partial charge in [0.15, 0.2) is 6.29 Å². The van der Waals surface area contributed by atoms with E-state index in [1.165, 1.54) is 0 Å². The number of para-hydroxylation sites is 2. The standard InChI is InChI=1S/C23H27N3O3/c24-19-25-23(29-21-13-5-2-6-14-21)26(20-11-3-1-4-12-20)16-8-10-18-28-22-15-7-9-17-27-22/h1-6,11-14,22H,7-10,15-18H2/b25-23-. The summed E-state index contributed by atoms with van der Waals surface area (Å²) in [6.07, 6.45) is 6.80. The van der Waals surface area contributed by atoms with Crippen LogP contribution < -0.4 is 9.64 Å². The van der Waals surface area contributed by atoms with Gasteiger partial charge in [-0.2, -0.15) is 5.26 Å². The van der Waals surface area contributed by atoms with Gasteiger partial charge in [0.1, 0.15) is 5.75 Å². The molecule has 1 aliphatic heterocycles. The Hall–Kier alpha value is -2.88. The Morgan fingerprint density at radius 1 is 1.07 bits per heavy atom. The molecule has 29 heavy (non-hydrogen) atoms. The third-order valence-corrected chi connectivity index (χ3v) is 4.61. The molecule has 2 aromatic carbocycles. The average molecular weight is 393 g/mol. The van der Waals surface area contributed by atoms with E-state index in [2.05, 4.69) is 4.99 Å². The van der Waals surface area contributed by atoms with Crippen LogP contribution in [0.1, 0.15) is 32.1 Å². The molecule has 2 aromatic rings. The van der Waals surface area contributed by atoms with E-state index in [1.54, 1.807) is 0 Å². The second-order valence-electron chi connectivity index (χ2n) is 6.77. The number of unbranched alkanes of at least 4 members (excludes halogenated alkanes) is 1. The Morgan fingerprint density at radius 3 is 2.52 bits per heavy atom. The summed E-state index contributed by atoms with van der Waals surface area (Å²) in [5.74, 6) is 0.639. The normalized spacial score (nSPS) is 16.8. The van der Waals surface area contributed by atoms with Crippen LogP contribution in [0.2, 0.25) is 0 Å². The van der Waals surface area contributed by atoms with Crippen LogP contribution >= 0.6 is 0 Å². The molecule has 1 saturated heterocycles. The molecule has 1 fully saturated rings. The van der Waals surface area contributed by atoms with Gasteiger partial charge in [-0.1, -0.05) is 36.4 Å². The molecule has 6 heteroatoms. The minimum atomic E-state index is -0.0638. The maximum atomic E-state index is 9.19. The Bertz CT molecular complexity index is 784. The molecule has 1 aliphatic rings. The van der Waals surface area contributed by atoms with Gasteiger partial charge in [0.2, 0.25) is 6.19 Å². The highest BCUT2D eigenvalue weighted by atomic mass is 16.7. The molecule has 1 heterocycles. The second-order valence-corrected chi connectivity index (χ2v) is 6.77. The van der Waals surface area contributed by atoms with E-state index in [0.29, 0.717) is 18.9 Å². The van der Waals surface area contributed by atoms with Gasteiger partial charge in [-0.3, -0.25) is 4.90 Å². The lowest BCUT2D eigenvalue weighted by molar-refractivity contribution is -0.162. The Kier molecular flexibility index (Phi) is 8.52. The van der Waals surface area contributed by atoms with Gasteiger partial charge >= 0.3 is 6.02 Å². The van der Waals surface area contributed by atoms with E-state index < -0.39 is 0 Å². The molecule has 1 unspecified atom stereocenters. The molecule has 0 N–H and O–H groups in total. The predicted molar refractivity (Wildman–Crippen MR) is 113 cm³/mol. The van der Waals surface area contributed by atoms with Crippen molar-refractivity contribution in [1.29, 1.82) is 5.26 Å². The van der Waals surface area contributed by atoms with Gasteiger partial charge in [0.25, 0.3) is 0 Å². The van der Waals surface area contributed by atoms with Gasteiger partial charge in [-0.15, -0.1) is 4.99 Å². The number of ether oxygens (including phenoxy) is 3. The molecule has 0 bridgehead atoms. The second kappa shape index (κ2) is 11.8. The largest absolute Gasteiger partial charge is 0.425 e.